The molecule has 1 heteroatoms. The minimum absolute atomic E-state index is 0.0131. The molecule has 0 aliphatic carbocycles. The summed E-state index contributed by atoms with van der Waals surface area (Å²) in [6.45, 7) is 3.51. The van der Waals surface area contributed by atoms with Crippen LogP contribution in [-0.4, -0.2) is 4.51 Å². The zero-order chi connectivity index (χ0) is 8.10. The molecule has 11 heavy (non-hydrogen) atoms. The molecule has 1 aromatic rings. The Hall–Kier alpha value is -0.660. The molecule has 1 rings (SSSR count). The molecule has 0 radical (unpaired) electrons. The molecule has 0 unspecified atom stereocenters. The van der Waals surface area contributed by atoms with Gasteiger partial charge in [-0.25, -0.2) is 0 Å². The van der Waals surface area contributed by atoms with Crippen molar-refractivity contribution in [3.05, 3.63) is 45.7 Å². The fourth-order valence-electron chi connectivity index (χ4n) is 0.766. The maximum absolute atomic E-state index is 3.90. The highest BCUT2D eigenvalue weighted by atomic mass is 127. The van der Waals surface area contributed by atoms with E-state index in [0.29, 0.717) is 0 Å². The van der Waals surface area contributed by atoms with Gasteiger partial charge in [-0.2, -0.15) is 0 Å². The minimum atomic E-state index is -0.0131. The van der Waals surface area contributed by atoms with E-state index in [0.717, 1.165) is 5.56 Å². The first kappa shape index (κ1) is 8.44. The molecule has 0 fully saturated rings. The number of rotatable bonds is 2. The predicted molar refractivity (Wildman–Crippen MR) is 59.9 cm³/mol. The highest BCUT2D eigenvalue weighted by Gasteiger charge is 1.85. The van der Waals surface area contributed by atoms with Crippen LogP contribution in [0.5, 0.6) is 0 Å². The summed E-state index contributed by atoms with van der Waals surface area (Å²) in [5, 5.41) is 0. The van der Waals surface area contributed by atoms with Gasteiger partial charge in [0.15, 0.2) is 0 Å². The zero-order valence-electron chi connectivity index (χ0n) is 6.18. The summed E-state index contributed by atoms with van der Waals surface area (Å²) >= 11 is -0.0131. The zero-order valence-corrected chi connectivity index (χ0v) is 8.34. The maximum atomic E-state index is 3.90. The smallest absolute Gasteiger partial charge is 0.00721 e. The third-order valence-corrected chi connectivity index (χ3v) is 2.89. The van der Waals surface area contributed by atoms with Gasteiger partial charge in [-0.3, -0.25) is 0 Å². The lowest BCUT2D eigenvalue weighted by Gasteiger charge is -1.92. The summed E-state index contributed by atoms with van der Waals surface area (Å²) in [7, 11) is 0. The summed E-state index contributed by atoms with van der Waals surface area (Å²) in [4.78, 5) is 0. The van der Waals surface area contributed by atoms with Gasteiger partial charge in [-0.05, 0) is 23.8 Å². The van der Waals surface area contributed by atoms with Crippen LogP contribution in [0.2, 0.25) is 0 Å². The van der Waals surface area contributed by atoms with Gasteiger partial charge in [0.05, 0.1) is 0 Å². The summed E-state index contributed by atoms with van der Waals surface area (Å²) in [6.07, 6.45) is 1.87. The van der Waals surface area contributed by atoms with Crippen molar-refractivity contribution in [1.82, 2.24) is 0 Å². The van der Waals surface area contributed by atoms with Gasteiger partial charge in [0.25, 0.3) is 0 Å². The number of hydrogen-bond donors (Lipinski definition) is 0. The summed E-state index contributed by atoms with van der Waals surface area (Å²) in [6, 6.07) is 8.36. The third-order valence-electron chi connectivity index (χ3n) is 1.29. The summed E-state index contributed by atoms with van der Waals surface area (Å²) in [5.41, 5.74) is 3.89. The van der Waals surface area contributed by atoms with Gasteiger partial charge in [0, 0.05) is 3.57 Å². The van der Waals surface area contributed by atoms with Crippen molar-refractivity contribution in [1.29, 1.82) is 0 Å². The molecule has 0 N–H and O–H groups in total. The molecule has 0 saturated heterocycles. The van der Waals surface area contributed by atoms with E-state index in [2.05, 4.69) is 41.1 Å². The second-order valence-electron chi connectivity index (χ2n) is 2.03. The molecular weight excluding hydrogens is 247 g/mol. The number of hydrogen-bond acceptors (Lipinski definition) is 0. The van der Waals surface area contributed by atoms with Gasteiger partial charge in [-0.15, -0.1) is 5.73 Å². The molecule has 0 nitrogen and oxygen atoms in total. The highest BCUT2D eigenvalue weighted by molar-refractivity contribution is 14.2. The number of halogens is 1. The van der Waals surface area contributed by atoms with Crippen molar-refractivity contribution < 1.29 is 0 Å². The van der Waals surface area contributed by atoms with Gasteiger partial charge >= 0.3 is 0 Å². The molecule has 0 saturated carbocycles. The first-order chi connectivity index (χ1) is 5.36. The van der Waals surface area contributed by atoms with Crippen molar-refractivity contribution in [3.8, 4) is 0 Å². The molecule has 0 aliphatic heterocycles. The maximum Gasteiger partial charge on any atom is 0.00721 e. The van der Waals surface area contributed by atoms with Crippen molar-refractivity contribution in [2.24, 2.45) is 0 Å². The van der Waals surface area contributed by atoms with E-state index in [1.807, 2.05) is 6.08 Å². The van der Waals surface area contributed by atoms with E-state index in [-0.39, 0.29) is 20.7 Å². The Morgan fingerprint density at radius 2 is 1.91 bits per heavy atom. The van der Waals surface area contributed by atoms with E-state index in [4.69, 9.17) is 0 Å². The van der Waals surface area contributed by atoms with Gasteiger partial charge in [0.2, 0.25) is 0 Å². The van der Waals surface area contributed by atoms with Crippen molar-refractivity contribution in [3.63, 3.8) is 0 Å². The Balaban J connectivity index is 2.99. The van der Waals surface area contributed by atoms with E-state index in [9.17, 15) is 0 Å². The second-order valence-corrected chi connectivity index (χ2v) is 4.04. The fourth-order valence-corrected chi connectivity index (χ4v) is 1.63. The molecule has 0 amide bonds. The molecule has 0 aromatic heterocycles. The van der Waals surface area contributed by atoms with Crippen molar-refractivity contribution in [2.75, 3.05) is 0 Å². The van der Waals surface area contributed by atoms with E-state index >= 15 is 0 Å². The van der Waals surface area contributed by atoms with Gasteiger partial charge < -0.3 is 0 Å². The lowest BCUT2D eigenvalue weighted by molar-refractivity contribution is 1.61. The van der Waals surface area contributed by atoms with Crippen LogP contribution in [-0.2, 0) is 0 Å². The predicted octanol–water partition coefficient (Wildman–Crippen LogP) is 3.06. The normalized spacial score (nSPS) is 8.73. The SMILES string of the molecule is C=C=Cc1ccc(I=C)cc1. The van der Waals surface area contributed by atoms with Crippen LogP contribution >= 0.6 is 20.7 Å². The molecule has 56 valence electrons. The summed E-state index contributed by atoms with van der Waals surface area (Å²) < 4.78 is 5.27. The fraction of sp³-hybridized carbons (Fsp3) is 0. The first-order valence-electron chi connectivity index (χ1n) is 3.21. The summed E-state index contributed by atoms with van der Waals surface area (Å²) in [5.74, 6) is 0. The Morgan fingerprint density at radius 1 is 1.27 bits per heavy atom. The van der Waals surface area contributed by atoms with Crippen LogP contribution in [0.25, 0.3) is 6.08 Å². The van der Waals surface area contributed by atoms with E-state index < -0.39 is 0 Å². The van der Waals surface area contributed by atoms with E-state index in [1.54, 1.807) is 0 Å². The lowest BCUT2D eigenvalue weighted by atomic mass is 10.2. The molecule has 0 heterocycles. The Labute approximate surface area is 77.0 Å². The first-order valence-corrected chi connectivity index (χ1v) is 5.81. The van der Waals surface area contributed by atoms with Crippen LogP contribution in [0.15, 0.2) is 36.6 Å². The molecule has 0 bridgehead atoms. The standard InChI is InChI=1S/C10H9I/c1-3-4-9-5-7-10(11-2)8-6-9/h4-8H,1-2H2. The quantitative estimate of drug-likeness (QED) is 0.563. The Morgan fingerprint density at radius 3 is 2.36 bits per heavy atom. The molecule has 0 spiro atoms. The second kappa shape index (κ2) is 4.27. The largest absolute Gasteiger partial charge is 0.128 e. The van der Waals surface area contributed by atoms with Crippen LogP contribution in [0.3, 0.4) is 0 Å². The average Bonchev–Trinajstić information content (AvgIpc) is 2.07. The molecular formula is C10H9I. The van der Waals surface area contributed by atoms with Gasteiger partial charge in [0.1, 0.15) is 0 Å². The average molecular weight is 256 g/mol. The highest BCUT2D eigenvalue weighted by Crippen LogP contribution is 2.10. The topological polar surface area (TPSA) is 0 Å². The third kappa shape index (κ3) is 2.45. The van der Waals surface area contributed by atoms with Crippen molar-refractivity contribution in [2.45, 2.75) is 0 Å². The molecule has 1 aromatic carbocycles. The monoisotopic (exact) mass is 256 g/mol. The van der Waals surface area contributed by atoms with E-state index in [1.165, 1.54) is 3.57 Å². The van der Waals surface area contributed by atoms with Crippen LogP contribution in [0.4, 0.5) is 0 Å². The number of benzene rings is 1. The van der Waals surface area contributed by atoms with Gasteiger partial charge in [-0.1, -0.05) is 44.0 Å². The Bertz CT molecular complexity index is 289. The molecule has 0 atom stereocenters. The van der Waals surface area contributed by atoms with Crippen molar-refractivity contribution >= 4 is 31.3 Å². The van der Waals surface area contributed by atoms with Crippen LogP contribution < -0.4 is 0 Å². The lowest BCUT2D eigenvalue weighted by Crippen LogP contribution is -1.71. The van der Waals surface area contributed by atoms with Crippen LogP contribution in [0.1, 0.15) is 5.56 Å². The van der Waals surface area contributed by atoms with Crippen LogP contribution in [0, 0.1) is 3.57 Å². The Kier molecular flexibility index (Phi) is 3.27. The molecule has 0 aliphatic rings. The minimum Gasteiger partial charge on any atom is -0.128 e.